The maximum absolute atomic E-state index is 5.26. The Bertz CT molecular complexity index is 311. The molecule has 1 atom stereocenters. The topological polar surface area (TPSA) is 42.2 Å². The van der Waals surface area contributed by atoms with E-state index in [1.165, 1.54) is 25.8 Å². The van der Waals surface area contributed by atoms with Crippen molar-refractivity contribution >= 4 is 0 Å². The Morgan fingerprint density at radius 3 is 2.87 bits per heavy atom. The summed E-state index contributed by atoms with van der Waals surface area (Å²) in [6.07, 6.45) is 4.87. The quantitative estimate of drug-likeness (QED) is 0.709. The van der Waals surface area contributed by atoms with E-state index in [2.05, 4.69) is 22.1 Å². The smallest absolute Gasteiger partial charge is 0.229 e. The van der Waals surface area contributed by atoms with Crippen molar-refractivity contribution in [3.8, 4) is 0 Å². The third-order valence-corrected chi connectivity index (χ3v) is 3.09. The number of aromatic nitrogens is 2. The van der Waals surface area contributed by atoms with Crippen LogP contribution in [0.15, 0.2) is 4.52 Å². The first-order valence-electron chi connectivity index (χ1n) is 5.74. The van der Waals surface area contributed by atoms with Crippen LogP contribution >= 0.6 is 0 Å². The Labute approximate surface area is 90.7 Å². The van der Waals surface area contributed by atoms with Crippen molar-refractivity contribution < 1.29 is 4.52 Å². The van der Waals surface area contributed by atoms with E-state index < -0.39 is 0 Å². The van der Waals surface area contributed by atoms with E-state index in [9.17, 15) is 0 Å². The first-order chi connectivity index (χ1) is 7.25. The third-order valence-electron chi connectivity index (χ3n) is 3.09. The van der Waals surface area contributed by atoms with E-state index >= 15 is 0 Å². The van der Waals surface area contributed by atoms with Crippen molar-refractivity contribution in [3.63, 3.8) is 0 Å². The first-order valence-corrected chi connectivity index (χ1v) is 5.74. The summed E-state index contributed by atoms with van der Waals surface area (Å²) in [6.45, 7) is 4.23. The second kappa shape index (κ2) is 4.75. The maximum Gasteiger partial charge on any atom is 0.229 e. The van der Waals surface area contributed by atoms with Crippen LogP contribution in [0, 0.1) is 6.92 Å². The van der Waals surface area contributed by atoms with Gasteiger partial charge in [-0.1, -0.05) is 11.6 Å². The number of aryl methyl sites for hydroxylation is 1. The molecule has 1 aliphatic rings. The van der Waals surface area contributed by atoms with Crippen LogP contribution in [-0.4, -0.2) is 35.2 Å². The number of hydrogen-bond donors (Lipinski definition) is 0. The highest BCUT2D eigenvalue weighted by Gasteiger charge is 2.20. The molecule has 0 spiro atoms. The third kappa shape index (κ3) is 2.78. The lowest BCUT2D eigenvalue weighted by Gasteiger charge is -2.23. The van der Waals surface area contributed by atoms with Gasteiger partial charge in [-0.3, -0.25) is 0 Å². The largest absolute Gasteiger partial charge is 0.339 e. The molecule has 2 rings (SSSR count). The molecule has 4 heteroatoms. The molecule has 1 fully saturated rings. The SMILES string of the molecule is Cc1noc(C2CCCCN(C)CC2)n1. The second-order valence-corrected chi connectivity index (χ2v) is 4.46. The molecular formula is C11H19N3O. The lowest BCUT2D eigenvalue weighted by atomic mass is 9.96. The van der Waals surface area contributed by atoms with Gasteiger partial charge in [0.2, 0.25) is 5.89 Å². The highest BCUT2D eigenvalue weighted by atomic mass is 16.5. The Kier molecular flexibility index (Phi) is 3.36. The molecule has 2 heterocycles. The number of hydrogen-bond acceptors (Lipinski definition) is 4. The van der Waals surface area contributed by atoms with Crippen LogP contribution in [0.2, 0.25) is 0 Å². The molecule has 0 bridgehead atoms. The molecule has 15 heavy (non-hydrogen) atoms. The highest BCUT2D eigenvalue weighted by Crippen LogP contribution is 2.26. The van der Waals surface area contributed by atoms with Crippen molar-refractivity contribution in [2.45, 2.75) is 38.5 Å². The molecule has 1 saturated heterocycles. The van der Waals surface area contributed by atoms with Gasteiger partial charge in [-0.2, -0.15) is 4.98 Å². The lowest BCUT2D eigenvalue weighted by Crippen LogP contribution is -2.24. The Morgan fingerprint density at radius 2 is 2.13 bits per heavy atom. The molecule has 0 N–H and O–H groups in total. The molecule has 0 aliphatic carbocycles. The predicted molar refractivity (Wildman–Crippen MR) is 57.7 cm³/mol. The molecule has 1 aliphatic heterocycles. The summed E-state index contributed by atoms with van der Waals surface area (Å²) in [6, 6.07) is 0. The molecule has 1 aromatic rings. The summed E-state index contributed by atoms with van der Waals surface area (Å²) >= 11 is 0. The fraction of sp³-hybridized carbons (Fsp3) is 0.818. The molecule has 4 nitrogen and oxygen atoms in total. The number of rotatable bonds is 1. The maximum atomic E-state index is 5.26. The van der Waals surface area contributed by atoms with E-state index in [1.54, 1.807) is 0 Å². The van der Waals surface area contributed by atoms with Crippen molar-refractivity contribution in [1.82, 2.24) is 15.0 Å². The van der Waals surface area contributed by atoms with Crippen LogP contribution in [0.3, 0.4) is 0 Å². The molecule has 1 unspecified atom stereocenters. The predicted octanol–water partition coefficient (Wildman–Crippen LogP) is 1.97. The van der Waals surface area contributed by atoms with Gasteiger partial charge in [0.1, 0.15) is 0 Å². The lowest BCUT2D eigenvalue weighted by molar-refractivity contribution is 0.258. The monoisotopic (exact) mass is 209 g/mol. The minimum Gasteiger partial charge on any atom is -0.339 e. The summed E-state index contributed by atoms with van der Waals surface area (Å²) < 4.78 is 5.26. The van der Waals surface area contributed by atoms with E-state index in [4.69, 9.17) is 4.52 Å². The number of likely N-dealkylation sites (tertiary alicyclic amines) is 1. The summed E-state index contributed by atoms with van der Waals surface area (Å²) in [5.74, 6) is 2.05. The van der Waals surface area contributed by atoms with Crippen LogP contribution in [0.25, 0.3) is 0 Å². The van der Waals surface area contributed by atoms with Crippen molar-refractivity contribution in [2.75, 3.05) is 20.1 Å². The zero-order valence-corrected chi connectivity index (χ0v) is 9.57. The first kappa shape index (κ1) is 10.6. The standard InChI is InChI=1S/C11H19N3O/c1-9-12-11(15-13-9)10-5-3-4-7-14(2)8-6-10/h10H,3-8H2,1-2H3. The molecule has 0 aromatic carbocycles. The molecule has 0 radical (unpaired) electrons. The Balaban J connectivity index is 2.01. The minimum atomic E-state index is 0.467. The van der Waals surface area contributed by atoms with Crippen LogP contribution in [0.1, 0.15) is 43.3 Å². The van der Waals surface area contributed by atoms with Gasteiger partial charge >= 0.3 is 0 Å². The second-order valence-electron chi connectivity index (χ2n) is 4.46. The average molecular weight is 209 g/mol. The fourth-order valence-corrected chi connectivity index (χ4v) is 2.13. The van der Waals surface area contributed by atoms with E-state index in [1.807, 2.05) is 6.92 Å². The molecule has 0 amide bonds. The van der Waals surface area contributed by atoms with Gasteiger partial charge in [-0.15, -0.1) is 0 Å². The minimum absolute atomic E-state index is 0.467. The van der Waals surface area contributed by atoms with Crippen LogP contribution in [0.5, 0.6) is 0 Å². The van der Waals surface area contributed by atoms with Crippen molar-refractivity contribution in [3.05, 3.63) is 11.7 Å². The Morgan fingerprint density at radius 1 is 1.27 bits per heavy atom. The van der Waals surface area contributed by atoms with E-state index in [0.29, 0.717) is 5.92 Å². The summed E-state index contributed by atoms with van der Waals surface area (Å²) in [7, 11) is 2.18. The van der Waals surface area contributed by atoms with E-state index in [-0.39, 0.29) is 0 Å². The van der Waals surface area contributed by atoms with Crippen molar-refractivity contribution in [1.29, 1.82) is 0 Å². The van der Waals surface area contributed by atoms with Gasteiger partial charge < -0.3 is 9.42 Å². The van der Waals surface area contributed by atoms with Crippen LogP contribution in [-0.2, 0) is 0 Å². The summed E-state index contributed by atoms with van der Waals surface area (Å²) in [5, 5.41) is 3.87. The molecular weight excluding hydrogens is 190 g/mol. The van der Waals surface area contributed by atoms with Crippen LogP contribution in [0.4, 0.5) is 0 Å². The fourth-order valence-electron chi connectivity index (χ4n) is 2.13. The van der Waals surface area contributed by atoms with E-state index in [0.717, 1.165) is 24.7 Å². The molecule has 0 saturated carbocycles. The zero-order valence-electron chi connectivity index (χ0n) is 9.57. The van der Waals surface area contributed by atoms with Crippen molar-refractivity contribution in [2.24, 2.45) is 0 Å². The molecule has 84 valence electrons. The zero-order chi connectivity index (χ0) is 10.7. The van der Waals surface area contributed by atoms with Gasteiger partial charge in [0.15, 0.2) is 5.82 Å². The van der Waals surface area contributed by atoms with Gasteiger partial charge in [0.05, 0.1) is 0 Å². The summed E-state index contributed by atoms with van der Waals surface area (Å²) in [4.78, 5) is 6.72. The van der Waals surface area contributed by atoms with Gasteiger partial charge in [0.25, 0.3) is 0 Å². The average Bonchev–Trinajstić information content (AvgIpc) is 2.59. The Hall–Kier alpha value is -0.900. The van der Waals surface area contributed by atoms with Crippen LogP contribution < -0.4 is 0 Å². The normalized spacial score (nSPS) is 24.8. The van der Waals surface area contributed by atoms with Gasteiger partial charge in [-0.25, -0.2) is 0 Å². The van der Waals surface area contributed by atoms with Gasteiger partial charge in [-0.05, 0) is 46.3 Å². The highest BCUT2D eigenvalue weighted by molar-refractivity contribution is 4.93. The van der Waals surface area contributed by atoms with Gasteiger partial charge in [0, 0.05) is 5.92 Å². The molecule has 1 aromatic heterocycles. The summed E-state index contributed by atoms with van der Waals surface area (Å²) in [5.41, 5.74) is 0. The number of nitrogens with zero attached hydrogens (tertiary/aromatic N) is 3.